The number of sulfonamides is 1. The normalized spacial score (nSPS) is 15.4. The number of thioether (sulfide) groups is 1. The molecule has 0 saturated heterocycles. The summed E-state index contributed by atoms with van der Waals surface area (Å²) in [5.41, 5.74) is 1.56. The van der Waals surface area contributed by atoms with Gasteiger partial charge in [-0.05, 0) is 48.1 Å². The highest BCUT2D eigenvalue weighted by atomic mass is 35.5. The van der Waals surface area contributed by atoms with E-state index in [0.717, 1.165) is 28.3 Å². The zero-order valence-electron chi connectivity index (χ0n) is 12.4. The van der Waals surface area contributed by atoms with Crippen LogP contribution in [-0.4, -0.2) is 20.7 Å². The maximum absolute atomic E-state index is 12.7. The van der Waals surface area contributed by atoms with Gasteiger partial charge in [0.25, 0.3) is 10.0 Å². The molecule has 6 heteroatoms. The summed E-state index contributed by atoms with van der Waals surface area (Å²) in [6.45, 7) is 0.497. The molecule has 2 aromatic rings. The van der Waals surface area contributed by atoms with Crippen molar-refractivity contribution in [2.75, 3.05) is 16.6 Å². The van der Waals surface area contributed by atoms with Gasteiger partial charge in [-0.3, -0.25) is 4.31 Å². The third-order valence-electron chi connectivity index (χ3n) is 3.51. The fourth-order valence-electron chi connectivity index (χ4n) is 2.37. The van der Waals surface area contributed by atoms with E-state index in [2.05, 4.69) is 0 Å². The first-order chi connectivity index (χ1) is 11.1. The molecule has 0 fully saturated rings. The van der Waals surface area contributed by atoms with Crippen LogP contribution in [0.15, 0.2) is 58.8 Å². The van der Waals surface area contributed by atoms with Crippen LogP contribution < -0.4 is 4.31 Å². The van der Waals surface area contributed by atoms with Gasteiger partial charge in [0, 0.05) is 16.5 Å². The lowest BCUT2D eigenvalue weighted by atomic mass is 10.2. The van der Waals surface area contributed by atoms with Crippen molar-refractivity contribution in [3.8, 4) is 0 Å². The molecular formula is C17H16ClNO2S2. The Balaban J connectivity index is 1.91. The highest BCUT2D eigenvalue weighted by Gasteiger charge is 2.24. The molecule has 0 N–H and O–H groups in total. The van der Waals surface area contributed by atoms with Crippen LogP contribution in [0.3, 0.4) is 0 Å². The van der Waals surface area contributed by atoms with Gasteiger partial charge >= 0.3 is 0 Å². The zero-order valence-corrected chi connectivity index (χ0v) is 14.7. The number of nitrogens with zero attached hydrogens (tertiary/aromatic N) is 1. The van der Waals surface area contributed by atoms with E-state index in [4.69, 9.17) is 11.6 Å². The second-order valence-electron chi connectivity index (χ2n) is 5.14. The standard InChI is InChI=1S/C17H16ClNO2S2/c18-15-8-6-14(7-9-15)10-13-23(20,21)19-11-3-12-22-17-5-2-1-4-16(17)19/h1-2,4-10,13H,3,11-12H2/b13-10+. The van der Waals surface area contributed by atoms with Crippen molar-refractivity contribution in [1.82, 2.24) is 0 Å². The highest BCUT2D eigenvalue weighted by molar-refractivity contribution is 7.99. The quantitative estimate of drug-likeness (QED) is 0.794. The third-order valence-corrected chi connectivity index (χ3v) is 6.38. The van der Waals surface area contributed by atoms with Crippen LogP contribution >= 0.6 is 23.4 Å². The molecule has 1 heterocycles. The number of benzene rings is 2. The van der Waals surface area contributed by atoms with E-state index in [0.29, 0.717) is 11.6 Å². The molecule has 0 aliphatic carbocycles. The summed E-state index contributed by atoms with van der Waals surface area (Å²) in [5.74, 6) is 0.921. The van der Waals surface area contributed by atoms with E-state index in [1.807, 2.05) is 24.3 Å². The zero-order chi connectivity index (χ0) is 16.3. The predicted octanol–water partition coefficient (Wildman–Crippen LogP) is 4.64. The topological polar surface area (TPSA) is 37.4 Å². The lowest BCUT2D eigenvalue weighted by Crippen LogP contribution is -2.30. The minimum atomic E-state index is -3.52. The van der Waals surface area contributed by atoms with Crippen molar-refractivity contribution in [3.63, 3.8) is 0 Å². The third kappa shape index (κ3) is 3.91. The van der Waals surface area contributed by atoms with Gasteiger partial charge < -0.3 is 0 Å². The Kier molecular flexibility index (Phi) is 4.99. The van der Waals surface area contributed by atoms with Gasteiger partial charge in [0.05, 0.1) is 11.1 Å². The van der Waals surface area contributed by atoms with Crippen LogP contribution in [0.4, 0.5) is 5.69 Å². The summed E-state index contributed by atoms with van der Waals surface area (Å²) in [7, 11) is -3.52. The van der Waals surface area contributed by atoms with E-state index in [1.165, 1.54) is 9.71 Å². The molecule has 1 aliphatic rings. The smallest absolute Gasteiger partial charge is 0.257 e. The molecule has 0 unspecified atom stereocenters. The molecule has 1 aliphatic heterocycles. The van der Waals surface area contributed by atoms with E-state index in [-0.39, 0.29) is 0 Å². The Morgan fingerprint density at radius 3 is 2.61 bits per heavy atom. The molecule has 0 radical (unpaired) electrons. The molecule has 3 rings (SSSR count). The fraction of sp³-hybridized carbons (Fsp3) is 0.176. The second kappa shape index (κ2) is 6.99. The van der Waals surface area contributed by atoms with Crippen molar-refractivity contribution >= 4 is 45.1 Å². The lowest BCUT2D eigenvalue weighted by Gasteiger charge is -2.22. The molecule has 0 aromatic heterocycles. The van der Waals surface area contributed by atoms with Gasteiger partial charge in [-0.15, -0.1) is 11.8 Å². The maximum atomic E-state index is 12.7. The summed E-state index contributed by atoms with van der Waals surface area (Å²) in [6, 6.07) is 14.7. The second-order valence-corrected chi connectivity index (χ2v) is 8.46. The van der Waals surface area contributed by atoms with Crippen LogP contribution in [0.25, 0.3) is 6.08 Å². The molecule has 2 aromatic carbocycles. The SMILES string of the molecule is O=S(=O)(/C=C/c1ccc(Cl)cc1)N1CCCSc2ccccc21. The Morgan fingerprint density at radius 2 is 1.83 bits per heavy atom. The van der Waals surface area contributed by atoms with Crippen molar-refractivity contribution in [1.29, 1.82) is 0 Å². The molecular weight excluding hydrogens is 350 g/mol. The first-order valence-corrected chi connectivity index (χ1v) is 10.1. The average molecular weight is 366 g/mol. The first-order valence-electron chi connectivity index (χ1n) is 7.24. The lowest BCUT2D eigenvalue weighted by molar-refractivity contribution is 0.599. The fourth-order valence-corrected chi connectivity index (χ4v) is 4.84. The minimum absolute atomic E-state index is 0.497. The molecule has 0 bridgehead atoms. The van der Waals surface area contributed by atoms with Crippen LogP contribution in [0.5, 0.6) is 0 Å². The molecule has 0 atom stereocenters. The number of hydrogen-bond acceptors (Lipinski definition) is 3. The monoisotopic (exact) mass is 365 g/mol. The highest BCUT2D eigenvalue weighted by Crippen LogP contribution is 2.35. The summed E-state index contributed by atoms with van der Waals surface area (Å²) in [6.07, 6.45) is 2.43. The largest absolute Gasteiger partial charge is 0.266 e. The number of anilines is 1. The molecule has 120 valence electrons. The van der Waals surface area contributed by atoms with Crippen LogP contribution in [-0.2, 0) is 10.0 Å². The van der Waals surface area contributed by atoms with E-state index in [1.54, 1.807) is 42.1 Å². The number of hydrogen-bond donors (Lipinski definition) is 0. The number of para-hydroxylation sites is 1. The predicted molar refractivity (Wildman–Crippen MR) is 98.5 cm³/mol. The van der Waals surface area contributed by atoms with Gasteiger partial charge in [-0.2, -0.15) is 0 Å². The summed E-state index contributed by atoms with van der Waals surface area (Å²) < 4.78 is 27.0. The molecule has 0 saturated carbocycles. The summed E-state index contributed by atoms with van der Waals surface area (Å²) >= 11 is 7.55. The van der Waals surface area contributed by atoms with Gasteiger partial charge in [0.15, 0.2) is 0 Å². The molecule has 0 spiro atoms. The van der Waals surface area contributed by atoms with Crippen molar-refractivity contribution in [3.05, 3.63) is 64.5 Å². The number of rotatable bonds is 3. The van der Waals surface area contributed by atoms with E-state index in [9.17, 15) is 8.42 Å². The van der Waals surface area contributed by atoms with Gasteiger partial charge in [-0.25, -0.2) is 8.42 Å². The van der Waals surface area contributed by atoms with Gasteiger partial charge in [0.2, 0.25) is 0 Å². The van der Waals surface area contributed by atoms with Crippen LogP contribution in [0.1, 0.15) is 12.0 Å². The maximum Gasteiger partial charge on any atom is 0.257 e. The number of fused-ring (bicyclic) bond motifs is 1. The summed E-state index contributed by atoms with van der Waals surface area (Å²) in [5, 5.41) is 1.90. The van der Waals surface area contributed by atoms with E-state index >= 15 is 0 Å². The Bertz CT molecular complexity index is 817. The first kappa shape index (κ1) is 16.4. The molecule has 23 heavy (non-hydrogen) atoms. The van der Waals surface area contributed by atoms with Crippen molar-refractivity contribution in [2.45, 2.75) is 11.3 Å². The van der Waals surface area contributed by atoms with Crippen molar-refractivity contribution in [2.24, 2.45) is 0 Å². The summed E-state index contributed by atoms with van der Waals surface area (Å²) in [4.78, 5) is 1.01. The minimum Gasteiger partial charge on any atom is -0.266 e. The van der Waals surface area contributed by atoms with Crippen molar-refractivity contribution < 1.29 is 8.42 Å². The van der Waals surface area contributed by atoms with Crippen LogP contribution in [0, 0.1) is 0 Å². The number of halogens is 1. The Morgan fingerprint density at radius 1 is 1.09 bits per heavy atom. The van der Waals surface area contributed by atoms with Gasteiger partial charge in [-0.1, -0.05) is 35.9 Å². The average Bonchev–Trinajstić information content (AvgIpc) is 2.77. The molecule has 0 amide bonds. The Hall–Kier alpha value is -1.43. The van der Waals surface area contributed by atoms with Gasteiger partial charge in [0.1, 0.15) is 0 Å². The van der Waals surface area contributed by atoms with E-state index < -0.39 is 10.0 Å². The van der Waals surface area contributed by atoms with Crippen LogP contribution in [0.2, 0.25) is 5.02 Å². The Labute approximate surface area is 146 Å². The molecule has 3 nitrogen and oxygen atoms in total.